The van der Waals surface area contributed by atoms with E-state index in [1.165, 1.54) is 17.9 Å². The van der Waals surface area contributed by atoms with Gasteiger partial charge >= 0.3 is 12.1 Å². The predicted molar refractivity (Wildman–Crippen MR) is 177 cm³/mol. The molecule has 1 unspecified atom stereocenters. The van der Waals surface area contributed by atoms with Crippen molar-refractivity contribution in [1.82, 2.24) is 19.9 Å². The maximum atomic E-state index is 13.8. The summed E-state index contributed by atoms with van der Waals surface area (Å²) in [5.41, 5.74) is 1.66. The summed E-state index contributed by atoms with van der Waals surface area (Å²) in [7, 11) is 2.88. The Kier molecular flexibility index (Phi) is 10.8. The van der Waals surface area contributed by atoms with Crippen LogP contribution in [-0.4, -0.2) is 58.1 Å². The number of nitrogens with zero attached hydrogens (tertiary/aromatic N) is 4. The van der Waals surface area contributed by atoms with Gasteiger partial charge in [-0.3, -0.25) is 14.3 Å². The first-order valence-corrected chi connectivity index (χ1v) is 15.0. The number of pyridine rings is 1. The van der Waals surface area contributed by atoms with Crippen molar-refractivity contribution in [3.05, 3.63) is 105 Å². The minimum absolute atomic E-state index is 0.0674. The van der Waals surface area contributed by atoms with Gasteiger partial charge in [-0.15, -0.1) is 0 Å². The average molecular weight is 676 g/mol. The fraction of sp³-hybridized carbons (Fsp3) is 0.273. The summed E-state index contributed by atoms with van der Waals surface area (Å²) < 4.78 is 12.3. The number of benzene rings is 2. The Morgan fingerprint density at radius 3 is 2.44 bits per heavy atom. The van der Waals surface area contributed by atoms with Crippen molar-refractivity contribution in [1.29, 1.82) is 0 Å². The maximum absolute atomic E-state index is 13.8. The van der Waals surface area contributed by atoms with Crippen molar-refractivity contribution in [2.75, 3.05) is 19.0 Å². The van der Waals surface area contributed by atoms with Gasteiger partial charge in [-0.05, 0) is 66.9 Å². The lowest BCUT2D eigenvalue weighted by molar-refractivity contribution is 0.0506. The van der Waals surface area contributed by atoms with E-state index in [0.717, 1.165) is 5.56 Å². The lowest BCUT2D eigenvalue weighted by atomic mass is 10.1. The predicted octanol–water partition coefficient (Wildman–Crippen LogP) is 5.69. The number of nitrogens with one attached hydrogen (secondary N) is 2. The molecule has 1 atom stereocenters. The summed E-state index contributed by atoms with van der Waals surface area (Å²) in [6.07, 6.45) is 4.59. The molecule has 2 heterocycles. The number of hydrogen-bond donors (Lipinski definition) is 2. The summed E-state index contributed by atoms with van der Waals surface area (Å²) in [6, 6.07) is 18.0. The van der Waals surface area contributed by atoms with Crippen LogP contribution in [0.15, 0.2) is 87.3 Å². The van der Waals surface area contributed by atoms with Gasteiger partial charge in [0.2, 0.25) is 5.95 Å². The molecular formula is C33H35BrN6O5. The largest absolute Gasteiger partial charge is 0.465 e. The van der Waals surface area contributed by atoms with E-state index < -0.39 is 29.3 Å². The Bertz CT molecular complexity index is 1740. The third kappa shape index (κ3) is 8.85. The Morgan fingerprint density at radius 2 is 1.78 bits per heavy atom. The number of methoxy groups -OCH3 is 1. The van der Waals surface area contributed by atoms with E-state index >= 15 is 0 Å². The molecule has 11 nitrogen and oxygen atoms in total. The zero-order valence-electron chi connectivity index (χ0n) is 25.7. The number of carbonyl (C=O) groups excluding carboxylic acids is 2. The smallest absolute Gasteiger partial charge is 0.407 e. The Morgan fingerprint density at radius 1 is 1.07 bits per heavy atom. The number of alkyl carbamates (subject to hydrolysis) is 1. The number of aliphatic imine (C=N–C) groups is 1. The van der Waals surface area contributed by atoms with Crippen LogP contribution in [0.5, 0.6) is 0 Å². The summed E-state index contributed by atoms with van der Waals surface area (Å²) in [6.45, 7) is 5.64. The van der Waals surface area contributed by atoms with Crippen molar-refractivity contribution in [3.8, 4) is 11.3 Å². The first-order valence-electron chi connectivity index (χ1n) is 14.2. The quantitative estimate of drug-likeness (QED) is 0.162. The number of amides is 1. The number of anilines is 1. The molecule has 234 valence electrons. The van der Waals surface area contributed by atoms with Crippen LogP contribution in [0.3, 0.4) is 0 Å². The lowest BCUT2D eigenvalue weighted by Gasteiger charge is -2.24. The van der Waals surface area contributed by atoms with Gasteiger partial charge in [0.05, 0.1) is 18.7 Å². The average Bonchev–Trinajstić information content (AvgIpc) is 3.00. The molecule has 4 aromatic rings. The molecule has 12 heteroatoms. The Balaban J connectivity index is 1.70. The van der Waals surface area contributed by atoms with E-state index in [1.807, 2.05) is 30.3 Å². The molecule has 2 aromatic carbocycles. The fourth-order valence-electron chi connectivity index (χ4n) is 4.44. The lowest BCUT2D eigenvalue weighted by Crippen LogP contribution is -2.44. The zero-order chi connectivity index (χ0) is 32.6. The molecule has 45 heavy (non-hydrogen) atoms. The minimum atomic E-state index is -0.663. The second kappa shape index (κ2) is 14.8. The Labute approximate surface area is 269 Å². The molecule has 0 fully saturated rings. The fourth-order valence-corrected chi connectivity index (χ4v) is 4.98. The molecule has 2 N–H and O–H groups in total. The zero-order valence-corrected chi connectivity index (χ0v) is 27.3. The van der Waals surface area contributed by atoms with Gasteiger partial charge in [0.25, 0.3) is 5.56 Å². The van der Waals surface area contributed by atoms with Crippen molar-refractivity contribution in [2.24, 2.45) is 12.0 Å². The summed E-state index contributed by atoms with van der Waals surface area (Å²) in [5.74, 6) is -0.276. The first kappa shape index (κ1) is 33.1. The molecule has 0 radical (unpaired) electrons. The van der Waals surface area contributed by atoms with Gasteiger partial charge in [0.1, 0.15) is 11.3 Å². The maximum Gasteiger partial charge on any atom is 0.407 e. The van der Waals surface area contributed by atoms with Crippen LogP contribution in [0.25, 0.3) is 11.3 Å². The standard InChI is InChI=1S/C33H35BrN6O5/c1-33(2,3)45-32(43)38-24(18-21-10-7-6-8-11-21)20-37-31-39-27(22-14-16-35-17-15-22)28(29(41)40(31)4)36-19-23-12-9-13-25(34)26(23)30(42)44-5/h6-17,19,24H,18,20H2,1-5H3,(H,37,39)(H,38,43). The van der Waals surface area contributed by atoms with E-state index in [1.54, 1.807) is 70.5 Å². The number of rotatable bonds is 10. The molecule has 0 aliphatic heterocycles. The van der Waals surface area contributed by atoms with E-state index in [4.69, 9.17) is 14.5 Å². The van der Waals surface area contributed by atoms with Crippen LogP contribution in [0.2, 0.25) is 0 Å². The van der Waals surface area contributed by atoms with Crippen molar-refractivity contribution < 1.29 is 19.1 Å². The minimum Gasteiger partial charge on any atom is -0.465 e. The second-order valence-electron chi connectivity index (χ2n) is 11.1. The summed E-state index contributed by atoms with van der Waals surface area (Å²) >= 11 is 3.39. The van der Waals surface area contributed by atoms with Crippen molar-refractivity contribution >= 4 is 45.8 Å². The SMILES string of the molecule is COC(=O)c1c(Br)cccc1C=Nc1c(-c2ccncc2)nc(NCC(Cc2ccccc2)NC(=O)OC(C)(C)C)n(C)c1=O. The summed E-state index contributed by atoms with van der Waals surface area (Å²) in [5, 5.41) is 6.17. The molecule has 1 amide bonds. The van der Waals surface area contributed by atoms with Crippen LogP contribution in [0.1, 0.15) is 42.3 Å². The van der Waals surface area contributed by atoms with Gasteiger partial charge in [-0.25, -0.2) is 19.6 Å². The van der Waals surface area contributed by atoms with Crippen molar-refractivity contribution in [2.45, 2.75) is 38.8 Å². The molecule has 0 bridgehead atoms. The van der Waals surface area contributed by atoms with E-state index in [2.05, 4.69) is 36.5 Å². The van der Waals surface area contributed by atoms with E-state index in [0.29, 0.717) is 27.7 Å². The van der Waals surface area contributed by atoms with Gasteiger partial charge in [0.15, 0.2) is 5.69 Å². The topological polar surface area (TPSA) is 137 Å². The van der Waals surface area contributed by atoms with Crippen LogP contribution < -0.4 is 16.2 Å². The molecule has 4 rings (SSSR count). The molecule has 0 saturated heterocycles. The van der Waals surface area contributed by atoms with Crippen LogP contribution in [-0.2, 0) is 22.9 Å². The third-order valence-electron chi connectivity index (χ3n) is 6.54. The second-order valence-corrected chi connectivity index (χ2v) is 12.0. The van der Waals surface area contributed by atoms with E-state index in [9.17, 15) is 14.4 Å². The van der Waals surface area contributed by atoms with Crippen LogP contribution in [0, 0.1) is 0 Å². The highest BCUT2D eigenvalue weighted by Gasteiger charge is 2.22. The normalized spacial score (nSPS) is 12.0. The van der Waals surface area contributed by atoms with Crippen molar-refractivity contribution in [3.63, 3.8) is 0 Å². The number of hydrogen-bond acceptors (Lipinski definition) is 9. The molecular weight excluding hydrogens is 640 g/mol. The third-order valence-corrected chi connectivity index (χ3v) is 7.20. The molecule has 0 aliphatic rings. The highest BCUT2D eigenvalue weighted by Crippen LogP contribution is 2.27. The molecule has 2 aromatic heterocycles. The highest BCUT2D eigenvalue weighted by atomic mass is 79.9. The number of carbonyl (C=O) groups is 2. The number of halogens is 1. The molecule has 0 spiro atoms. The molecule has 0 aliphatic carbocycles. The number of aromatic nitrogens is 3. The van der Waals surface area contributed by atoms with Gasteiger partial charge in [-0.2, -0.15) is 0 Å². The van der Waals surface area contributed by atoms with Gasteiger partial charge < -0.3 is 20.1 Å². The number of ether oxygens (including phenoxy) is 2. The highest BCUT2D eigenvalue weighted by molar-refractivity contribution is 9.10. The Hall–Kier alpha value is -4.84. The number of esters is 1. The first-order chi connectivity index (χ1) is 21.5. The van der Waals surface area contributed by atoms with E-state index in [-0.39, 0.29) is 23.7 Å². The van der Waals surface area contributed by atoms with Crippen LogP contribution in [0.4, 0.5) is 16.4 Å². The summed E-state index contributed by atoms with van der Waals surface area (Å²) in [4.78, 5) is 52.3. The van der Waals surface area contributed by atoms with Gasteiger partial charge in [-0.1, -0.05) is 42.5 Å². The monoisotopic (exact) mass is 674 g/mol. The van der Waals surface area contributed by atoms with Crippen LogP contribution >= 0.6 is 15.9 Å². The molecule has 0 saturated carbocycles. The van der Waals surface area contributed by atoms with Gasteiger partial charge in [0, 0.05) is 47.8 Å².